The average Bonchev–Trinajstić information content (AvgIpc) is 2.08. The fourth-order valence-electron chi connectivity index (χ4n) is 0.696. The Hall–Kier alpha value is -1.44. The van der Waals surface area contributed by atoms with E-state index in [0.717, 1.165) is 5.69 Å². The number of Topliss-reactive ketones (excluding diaryl/α,β-unsaturated/α-hetero) is 1. The van der Waals surface area contributed by atoms with Gasteiger partial charge in [-0.05, 0) is 24.3 Å². The quantitative estimate of drug-likeness (QED) is 0.457. The Kier molecular flexibility index (Phi) is 3.38. The number of carbonyl (C=O) groups is 1. The van der Waals surface area contributed by atoms with Crippen molar-refractivity contribution in [3.63, 3.8) is 0 Å². The number of ketones is 1. The van der Waals surface area contributed by atoms with Gasteiger partial charge in [-0.25, -0.2) is 10.2 Å². The summed E-state index contributed by atoms with van der Waals surface area (Å²) < 4.78 is 0. The zero-order valence-corrected chi connectivity index (χ0v) is 7.80. The fourth-order valence-corrected chi connectivity index (χ4v) is 0.822. The second-order valence-corrected chi connectivity index (χ2v) is 2.83. The summed E-state index contributed by atoms with van der Waals surface area (Å²) in [5, 5.41) is 4.24. The third-order valence-electron chi connectivity index (χ3n) is 1.24. The molecule has 3 nitrogen and oxygen atoms in total. The first-order valence-electron chi connectivity index (χ1n) is 3.66. The SMILES string of the molecule is CC(=O)[C+]=NNc1ccc(Cl)cc1. The van der Waals surface area contributed by atoms with Gasteiger partial charge in [-0.3, -0.25) is 0 Å². The number of halogens is 1. The van der Waals surface area contributed by atoms with Crippen LogP contribution in [0.5, 0.6) is 0 Å². The lowest BCUT2D eigenvalue weighted by Gasteiger charge is -1.93. The Bertz CT molecular complexity index is 319. The molecule has 0 aliphatic carbocycles. The number of hydrogen-bond acceptors (Lipinski definition) is 3. The van der Waals surface area contributed by atoms with E-state index in [9.17, 15) is 4.79 Å². The molecule has 0 spiro atoms. The summed E-state index contributed by atoms with van der Waals surface area (Å²) in [6, 6.07) is 6.97. The smallest absolute Gasteiger partial charge is 0.232 e. The van der Waals surface area contributed by atoms with Gasteiger partial charge in [0.15, 0.2) is 0 Å². The van der Waals surface area contributed by atoms with Gasteiger partial charge in [0, 0.05) is 5.02 Å². The lowest BCUT2D eigenvalue weighted by Crippen LogP contribution is -1.95. The molecule has 1 rings (SSSR count). The first-order valence-corrected chi connectivity index (χ1v) is 4.04. The van der Waals surface area contributed by atoms with E-state index in [1.165, 1.54) is 6.92 Å². The number of benzene rings is 1. The molecule has 0 aromatic heterocycles. The summed E-state index contributed by atoms with van der Waals surface area (Å²) in [5.74, 6) is -0.221. The fraction of sp³-hybridized carbons (Fsp3) is 0.111. The molecular formula is C9H8ClN2O+. The molecule has 0 amide bonds. The molecule has 0 fully saturated rings. The van der Waals surface area contributed by atoms with Crippen molar-refractivity contribution in [1.29, 1.82) is 0 Å². The minimum absolute atomic E-state index is 0.221. The molecule has 0 heterocycles. The van der Waals surface area contributed by atoms with Crippen LogP contribution in [0.4, 0.5) is 5.69 Å². The van der Waals surface area contributed by atoms with Crippen molar-refractivity contribution < 1.29 is 4.79 Å². The van der Waals surface area contributed by atoms with Gasteiger partial charge in [-0.15, -0.1) is 0 Å². The van der Waals surface area contributed by atoms with Crippen molar-refractivity contribution in [3.05, 3.63) is 29.3 Å². The summed E-state index contributed by atoms with van der Waals surface area (Å²) in [7, 11) is 0. The van der Waals surface area contributed by atoms with Crippen LogP contribution in [0.2, 0.25) is 5.02 Å². The third kappa shape index (κ3) is 3.65. The Morgan fingerprint density at radius 1 is 1.46 bits per heavy atom. The van der Waals surface area contributed by atoms with Gasteiger partial charge in [-0.2, -0.15) is 0 Å². The third-order valence-corrected chi connectivity index (χ3v) is 1.49. The normalized spacial score (nSPS) is 9.69. The second kappa shape index (κ2) is 4.55. The molecule has 0 atom stereocenters. The van der Waals surface area contributed by atoms with Crippen LogP contribution in [-0.2, 0) is 4.79 Å². The van der Waals surface area contributed by atoms with Crippen LogP contribution >= 0.6 is 11.6 Å². The highest BCUT2D eigenvalue weighted by molar-refractivity contribution is 6.30. The summed E-state index contributed by atoms with van der Waals surface area (Å²) in [5.41, 5.74) is 3.40. The number of hydrazone groups is 1. The van der Waals surface area contributed by atoms with Crippen LogP contribution in [-0.4, -0.2) is 12.0 Å². The zero-order valence-electron chi connectivity index (χ0n) is 7.04. The topological polar surface area (TPSA) is 41.5 Å². The molecular weight excluding hydrogens is 188 g/mol. The van der Waals surface area contributed by atoms with E-state index in [1.54, 1.807) is 24.3 Å². The van der Waals surface area contributed by atoms with Crippen molar-refractivity contribution in [1.82, 2.24) is 0 Å². The van der Waals surface area contributed by atoms with E-state index in [1.807, 2.05) is 0 Å². The lowest BCUT2D eigenvalue weighted by atomic mass is 10.3. The number of nitrogens with zero attached hydrogens (tertiary/aromatic N) is 1. The predicted octanol–water partition coefficient (Wildman–Crippen LogP) is 2.20. The maximum Gasteiger partial charge on any atom is 0.469 e. The number of carbonyl (C=O) groups excluding carboxylic acids is 1. The maximum atomic E-state index is 10.4. The number of hydrogen-bond donors (Lipinski definition) is 1. The molecule has 4 heteroatoms. The van der Waals surface area contributed by atoms with Gasteiger partial charge in [0.2, 0.25) is 0 Å². The van der Waals surface area contributed by atoms with E-state index in [2.05, 4.69) is 16.7 Å². The molecule has 0 bridgehead atoms. The van der Waals surface area contributed by atoms with Crippen molar-refractivity contribution in [2.75, 3.05) is 5.43 Å². The molecule has 0 aliphatic heterocycles. The van der Waals surface area contributed by atoms with Crippen molar-refractivity contribution >= 4 is 29.3 Å². The molecule has 0 radical (unpaired) electrons. The second-order valence-electron chi connectivity index (χ2n) is 2.40. The summed E-state index contributed by atoms with van der Waals surface area (Å²) in [6.45, 7) is 1.38. The molecule has 0 unspecified atom stereocenters. The van der Waals surface area contributed by atoms with Crippen LogP contribution in [0.1, 0.15) is 6.92 Å². The molecule has 66 valence electrons. The zero-order chi connectivity index (χ0) is 9.68. The van der Waals surface area contributed by atoms with Gasteiger partial charge in [0.05, 0.1) is 17.7 Å². The molecule has 0 aliphatic rings. The van der Waals surface area contributed by atoms with E-state index < -0.39 is 0 Å². The van der Waals surface area contributed by atoms with Crippen molar-refractivity contribution in [3.8, 4) is 0 Å². The van der Waals surface area contributed by atoms with Gasteiger partial charge >= 0.3 is 12.0 Å². The van der Waals surface area contributed by atoms with E-state index >= 15 is 0 Å². The van der Waals surface area contributed by atoms with Crippen LogP contribution in [0.15, 0.2) is 29.4 Å². The highest BCUT2D eigenvalue weighted by Crippen LogP contribution is 2.12. The highest BCUT2D eigenvalue weighted by atomic mass is 35.5. The van der Waals surface area contributed by atoms with Crippen LogP contribution in [0, 0.1) is 0 Å². The van der Waals surface area contributed by atoms with Gasteiger partial charge < -0.3 is 0 Å². The van der Waals surface area contributed by atoms with Crippen LogP contribution in [0.25, 0.3) is 0 Å². The van der Waals surface area contributed by atoms with Gasteiger partial charge in [0.25, 0.3) is 0 Å². The number of rotatable bonds is 3. The van der Waals surface area contributed by atoms with E-state index in [-0.39, 0.29) is 5.78 Å². The first-order chi connectivity index (χ1) is 6.18. The van der Waals surface area contributed by atoms with E-state index in [0.29, 0.717) is 5.02 Å². The molecule has 0 saturated heterocycles. The first kappa shape index (κ1) is 9.65. The summed E-state index contributed by atoms with van der Waals surface area (Å²) >= 11 is 5.67. The maximum absolute atomic E-state index is 10.4. The van der Waals surface area contributed by atoms with Crippen LogP contribution < -0.4 is 5.43 Å². The predicted molar refractivity (Wildman–Crippen MR) is 53.2 cm³/mol. The van der Waals surface area contributed by atoms with Gasteiger partial charge in [-0.1, -0.05) is 11.6 Å². The van der Waals surface area contributed by atoms with Crippen molar-refractivity contribution in [2.45, 2.75) is 6.92 Å². The number of anilines is 1. The van der Waals surface area contributed by atoms with Crippen LogP contribution in [0.3, 0.4) is 0 Å². The minimum atomic E-state index is -0.221. The van der Waals surface area contributed by atoms with E-state index in [4.69, 9.17) is 11.6 Å². The standard InChI is InChI=1S/C9H7ClN2O/c1-7(13)6-11-12-9-4-2-8(10)3-5-9/h2-5H,1H3/p+1. The average molecular weight is 196 g/mol. The summed E-state index contributed by atoms with van der Waals surface area (Å²) in [4.78, 5) is 10.4. The minimum Gasteiger partial charge on any atom is -0.232 e. The highest BCUT2D eigenvalue weighted by Gasteiger charge is 2.03. The number of nitrogens with one attached hydrogen (secondary N) is 1. The monoisotopic (exact) mass is 195 g/mol. The Morgan fingerprint density at radius 3 is 2.62 bits per heavy atom. The molecule has 0 saturated carbocycles. The molecule has 1 N–H and O–H groups in total. The van der Waals surface area contributed by atoms with Gasteiger partial charge in [0.1, 0.15) is 0 Å². The Labute approximate surface area is 81.4 Å². The van der Waals surface area contributed by atoms with Crippen molar-refractivity contribution in [2.24, 2.45) is 5.10 Å². The molecule has 13 heavy (non-hydrogen) atoms. The summed E-state index contributed by atoms with van der Waals surface area (Å²) in [6.07, 6.45) is 2.25. The Balaban J connectivity index is 2.55. The molecule has 1 aromatic rings. The molecule has 1 aromatic carbocycles. The Morgan fingerprint density at radius 2 is 2.08 bits per heavy atom. The largest absolute Gasteiger partial charge is 0.469 e. The lowest BCUT2D eigenvalue weighted by molar-refractivity contribution is -0.110.